The van der Waals surface area contributed by atoms with Crippen LogP contribution in [0, 0.1) is 0 Å². The van der Waals surface area contributed by atoms with Crippen molar-refractivity contribution in [1.29, 1.82) is 0 Å². The van der Waals surface area contributed by atoms with Crippen LogP contribution < -0.4 is 16.8 Å². The Kier molecular flexibility index (Phi) is 8.70. The van der Waals surface area contributed by atoms with Crippen LogP contribution in [-0.2, 0) is 4.79 Å². The van der Waals surface area contributed by atoms with Crippen molar-refractivity contribution in [3.05, 3.63) is 65.0 Å². The monoisotopic (exact) mass is 460 g/mol. The molecule has 8 nitrogen and oxygen atoms in total. The highest BCUT2D eigenvalue weighted by atomic mass is 16.2. The van der Waals surface area contributed by atoms with E-state index in [0.717, 1.165) is 24.0 Å². The summed E-state index contributed by atoms with van der Waals surface area (Å²) in [5.74, 6) is 0.0277. The Labute approximate surface area is 200 Å². The maximum absolute atomic E-state index is 13.1. The first-order chi connectivity index (χ1) is 16.4. The molecule has 0 radical (unpaired) electrons. The molecule has 0 atom stereocenters. The van der Waals surface area contributed by atoms with Crippen molar-refractivity contribution in [2.45, 2.75) is 33.1 Å². The predicted molar refractivity (Wildman–Crippen MR) is 138 cm³/mol. The Morgan fingerprint density at radius 1 is 1.15 bits per heavy atom. The number of nitrogens with one attached hydrogen (secondary N) is 1. The van der Waals surface area contributed by atoms with E-state index >= 15 is 0 Å². The molecular formula is C26H32N6O2. The van der Waals surface area contributed by atoms with Crippen molar-refractivity contribution < 1.29 is 9.59 Å². The second kappa shape index (κ2) is 11.9. The summed E-state index contributed by atoms with van der Waals surface area (Å²) in [5, 5.41) is 2.86. The van der Waals surface area contributed by atoms with Gasteiger partial charge in [-0.25, -0.2) is 4.99 Å². The normalized spacial score (nSPS) is 13.0. The van der Waals surface area contributed by atoms with E-state index in [1.54, 1.807) is 30.6 Å². The molecule has 1 aliphatic rings. The summed E-state index contributed by atoms with van der Waals surface area (Å²) in [7, 11) is 0. The summed E-state index contributed by atoms with van der Waals surface area (Å²) in [6.45, 7) is 5.93. The molecule has 1 aromatic heterocycles. The van der Waals surface area contributed by atoms with Crippen LogP contribution in [0.15, 0.2) is 53.3 Å². The lowest BCUT2D eigenvalue weighted by Gasteiger charge is -2.22. The number of hydrogen-bond acceptors (Lipinski definition) is 6. The van der Waals surface area contributed by atoms with Crippen LogP contribution in [0.2, 0.25) is 0 Å². The highest BCUT2D eigenvalue weighted by Crippen LogP contribution is 2.29. The van der Waals surface area contributed by atoms with Crippen LogP contribution in [-0.4, -0.2) is 47.2 Å². The Hall–Kier alpha value is -3.78. The van der Waals surface area contributed by atoms with Crippen LogP contribution in [0.3, 0.4) is 0 Å². The van der Waals surface area contributed by atoms with Crippen LogP contribution >= 0.6 is 0 Å². The third-order valence-electron chi connectivity index (χ3n) is 5.27. The van der Waals surface area contributed by atoms with E-state index in [1.807, 2.05) is 29.2 Å². The van der Waals surface area contributed by atoms with Gasteiger partial charge in [-0.2, -0.15) is 0 Å². The highest BCUT2D eigenvalue weighted by molar-refractivity contribution is 6.07. The highest BCUT2D eigenvalue weighted by Gasteiger charge is 2.21. The van der Waals surface area contributed by atoms with Crippen molar-refractivity contribution in [2.24, 2.45) is 16.5 Å². The zero-order valence-corrected chi connectivity index (χ0v) is 19.8. The van der Waals surface area contributed by atoms with Gasteiger partial charge in [0.2, 0.25) is 5.91 Å². The van der Waals surface area contributed by atoms with E-state index in [9.17, 15) is 9.59 Å². The lowest BCUT2D eigenvalue weighted by Crippen LogP contribution is -2.34. The molecule has 3 rings (SSSR count). The number of amides is 2. The predicted octanol–water partition coefficient (Wildman–Crippen LogP) is 3.73. The summed E-state index contributed by atoms with van der Waals surface area (Å²) in [6.07, 6.45) is 10.8. The summed E-state index contributed by atoms with van der Waals surface area (Å²) in [6, 6.07) is 7.01. The largest absolute Gasteiger partial charge is 0.387 e. The van der Waals surface area contributed by atoms with Crippen molar-refractivity contribution in [2.75, 3.05) is 25.0 Å². The van der Waals surface area contributed by atoms with Gasteiger partial charge in [0.15, 0.2) is 0 Å². The summed E-state index contributed by atoms with van der Waals surface area (Å²) >= 11 is 0. The Morgan fingerprint density at radius 3 is 2.62 bits per heavy atom. The summed E-state index contributed by atoms with van der Waals surface area (Å²) in [5.41, 5.74) is 15.4. The van der Waals surface area contributed by atoms with Gasteiger partial charge in [0, 0.05) is 49.0 Å². The third-order valence-corrected chi connectivity index (χ3v) is 5.27. The molecule has 5 N–H and O–H groups in total. The fourth-order valence-corrected chi connectivity index (χ4v) is 3.75. The Balaban J connectivity index is 1.84. The molecule has 0 unspecified atom stereocenters. The van der Waals surface area contributed by atoms with Gasteiger partial charge in [-0.1, -0.05) is 32.1 Å². The average Bonchev–Trinajstić information content (AvgIpc) is 2.99. The maximum Gasteiger partial charge on any atom is 0.255 e. The van der Waals surface area contributed by atoms with Gasteiger partial charge < -0.3 is 21.7 Å². The van der Waals surface area contributed by atoms with Crippen LogP contribution in [0.5, 0.6) is 0 Å². The lowest BCUT2D eigenvalue weighted by molar-refractivity contribution is -0.127. The number of hydrogen-bond donors (Lipinski definition) is 3. The van der Waals surface area contributed by atoms with Gasteiger partial charge in [-0.3, -0.25) is 14.6 Å². The first kappa shape index (κ1) is 24.9. The molecule has 0 fully saturated rings. The molecule has 34 heavy (non-hydrogen) atoms. The van der Waals surface area contributed by atoms with E-state index in [-0.39, 0.29) is 18.2 Å². The standard InChI is InChI=1S/C26H32N6O2/c1-3-10-32(11-4-2)26(34)21-13-19-7-8-20(14-23(19)31-24(28)15-21)25(33)30-22-12-18(6-5-9-27)16-29-17-22/h5-8,12-14,16-17H,3-4,9-11,15,27H2,1-2H3,(H2,28,31)(H,30,33)/b6-5-. The van der Waals surface area contributed by atoms with Crippen LogP contribution in [0.1, 0.15) is 54.6 Å². The Bertz CT molecular complexity index is 1130. The number of carbonyl (C=O) groups is 2. The first-order valence-electron chi connectivity index (χ1n) is 11.5. The second-order valence-electron chi connectivity index (χ2n) is 8.11. The number of carbonyl (C=O) groups excluding carboxylic acids is 2. The third kappa shape index (κ3) is 6.39. The van der Waals surface area contributed by atoms with Gasteiger partial charge in [-0.05, 0) is 42.7 Å². The van der Waals surface area contributed by atoms with E-state index in [0.29, 0.717) is 48.0 Å². The van der Waals surface area contributed by atoms with Gasteiger partial charge in [0.05, 0.1) is 17.6 Å². The van der Waals surface area contributed by atoms with Crippen molar-refractivity contribution >= 4 is 41.2 Å². The number of fused-ring (bicyclic) bond motifs is 1. The smallest absolute Gasteiger partial charge is 0.255 e. The molecular weight excluding hydrogens is 428 g/mol. The molecule has 0 saturated heterocycles. The SMILES string of the molecule is CCCN(CCC)C(=O)C1=Cc2ccc(C(=O)Nc3cncc(/C=C\CN)c3)cc2N=C(N)C1. The fraction of sp³-hybridized carbons (Fsp3) is 0.308. The molecule has 0 spiro atoms. The zero-order chi connectivity index (χ0) is 24.5. The Morgan fingerprint density at radius 2 is 1.91 bits per heavy atom. The van der Waals surface area contributed by atoms with Crippen molar-refractivity contribution in [3.8, 4) is 0 Å². The molecule has 0 saturated carbocycles. The number of amidine groups is 1. The number of pyridine rings is 1. The zero-order valence-electron chi connectivity index (χ0n) is 19.8. The maximum atomic E-state index is 13.1. The molecule has 8 heteroatoms. The van der Waals surface area contributed by atoms with Gasteiger partial charge in [0.25, 0.3) is 5.91 Å². The molecule has 178 valence electrons. The van der Waals surface area contributed by atoms with Gasteiger partial charge >= 0.3 is 0 Å². The quantitative estimate of drug-likeness (QED) is 0.525. The number of rotatable bonds is 9. The average molecular weight is 461 g/mol. The van der Waals surface area contributed by atoms with E-state index in [2.05, 4.69) is 29.1 Å². The first-order valence-corrected chi connectivity index (χ1v) is 11.5. The molecule has 0 bridgehead atoms. The van der Waals surface area contributed by atoms with E-state index in [1.165, 1.54) is 0 Å². The summed E-state index contributed by atoms with van der Waals surface area (Å²) < 4.78 is 0. The molecule has 0 aliphatic carbocycles. The minimum absolute atomic E-state index is 0.0208. The lowest BCUT2D eigenvalue weighted by atomic mass is 10.0. The van der Waals surface area contributed by atoms with Gasteiger partial charge in [-0.15, -0.1) is 0 Å². The molecule has 2 heterocycles. The van der Waals surface area contributed by atoms with E-state index < -0.39 is 0 Å². The van der Waals surface area contributed by atoms with Crippen molar-refractivity contribution in [3.63, 3.8) is 0 Å². The molecule has 2 aromatic rings. The topological polar surface area (TPSA) is 127 Å². The van der Waals surface area contributed by atoms with E-state index in [4.69, 9.17) is 11.5 Å². The molecule has 1 aliphatic heterocycles. The molecule has 2 amide bonds. The van der Waals surface area contributed by atoms with Crippen molar-refractivity contribution in [1.82, 2.24) is 9.88 Å². The van der Waals surface area contributed by atoms with Crippen LogP contribution in [0.25, 0.3) is 12.2 Å². The number of anilines is 1. The second-order valence-corrected chi connectivity index (χ2v) is 8.11. The minimum Gasteiger partial charge on any atom is -0.387 e. The number of benzene rings is 1. The number of nitrogens with zero attached hydrogens (tertiary/aromatic N) is 3. The molecule has 1 aromatic carbocycles. The minimum atomic E-state index is -0.292. The fourth-order valence-electron chi connectivity index (χ4n) is 3.75. The van der Waals surface area contributed by atoms with Gasteiger partial charge in [0.1, 0.15) is 5.84 Å². The number of aliphatic imine (C=N–C) groups is 1. The number of nitrogens with two attached hydrogens (primary N) is 2. The summed E-state index contributed by atoms with van der Waals surface area (Å²) in [4.78, 5) is 36.5. The number of aromatic nitrogens is 1. The van der Waals surface area contributed by atoms with Crippen LogP contribution in [0.4, 0.5) is 11.4 Å².